The summed E-state index contributed by atoms with van der Waals surface area (Å²) in [6.45, 7) is 4.55. The number of halogens is 1. The number of phenolic OH excluding ortho intramolecular Hbond substituents is 1. The van der Waals surface area contributed by atoms with E-state index in [2.05, 4.69) is 0 Å². The number of benzene rings is 1. The van der Waals surface area contributed by atoms with Crippen LogP contribution in [0.2, 0.25) is 0 Å². The highest BCUT2D eigenvalue weighted by atomic mass is 19.1. The van der Waals surface area contributed by atoms with E-state index >= 15 is 0 Å². The minimum Gasteiger partial charge on any atom is -0.507 e. The monoisotopic (exact) mass is 268 g/mol. The maximum absolute atomic E-state index is 12.9. The van der Waals surface area contributed by atoms with E-state index in [-0.39, 0.29) is 23.3 Å². The van der Waals surface area contributed by atoms with Crippen molar-refractivity contribution >= 4 is 5.91 Å². The van der Waals surface area contributed by atoms with E-state index in [1.165, 1.54) is 11.0 Å². The molecule has 0 aromatic heterocycles. The molecule has 0 spiro atoms. The number of phenols is 1. The molecule has 3 N–H and O–H groups in total. The summed E-state index contributed by atoms with van der Waals surface area (Å²) < 4.78 is 12.9. The van der Waals surface area contributed by atoms with Gasteiger partial charge in [-0.3, -0.25) is 4.79 Å². The Balaban J connectivity index is 2.66. The van der Waals surface area contributed by atoms with Gasteiger partial charge in [0.1, 0.15) is 11.6 Å². The van der Waals surface area contributed by atoms with Crippen LogP contribution in [0.25, 0.3) is 0 Å². The maximum Gasteiger partial charge on any atom is 0.257 e. The Bertz CT molecular complexity index is 449. The fourth-order valence-electron chi connectivity index (χ4n) is 1.67. The Hall–Kier alpha value is -1.62. The van der Waals surface area contributed by atoms with Crippen molar-refractivity contribution in [3.8, 4) is 5.75 Å². The van der Waals surface area contributed by atoms with Gasteiger partial charge >= 0.3 is 0 Å². The van der Waals surface area contributed by atoms with Crippen LogP contribution < -0.4 is 5.73 Å². The first-order chi connectivity index (χ1) is 8.82. The molecule has 0 aliphatic heterocycles. The molecule has 4 nitrogen and oxygen atoms in total. The van der Waals surface area contributed by atoms with Crippen LogP contribution in [0, 0.1) is 11.7 Å². The summed E-state index contributed by atoms with van der Waals surface area (Å²) in [6, 6.07) is 3.39. The van der Waals surface area contributed by atoms with E-state index in [4.69, 9.17) is 5.73 Å². The molecule has 0 aliphatic rings. The second-order valence-electron chi connectivity index (χ2n) is 5.08. The Labute approximate surface area is 113 Å². The molecule has 5 heteroatoms. The minimum absolute atomic E-state index is 0.0251. The van der Waals surface area contributed by atoms with Crippen LogP contribution in [0.15, 0.2) is 18.2 Å². The van der Waals surface area contributed by atoms with Crippen LogP contribution in [0.1, 0.15) is 30.6 Å². The van der Waals surface area contributed by atoms with Crippen LogP contribution in [0.4, 0.5) is 4.39 Å². The molecule has 106 valence electrons. The number of rotatable bonds is 5. The first-order valence-electron chi connectivity index (χ1n) is 6.32. The standard InChI is InChI=1S/C14H21FN2O2/c1-9(2)12(16)6-7-17(3)14(19)11-5-4-10(15)8-13(11)18/h4-5,8-9,12,18H,6-7,16H2,1-3H3. The van der Waals surface area contributed by atoms with Crippen molar-refractivity contribution in [3.63, 3.8) is 0 Å². The fourth-order valence-corrected chi connectivity index (χ4v) is 1.67. The number of carbonyl (C=O) groups is 1. The zero-order valence-corrected chi connectivity index (χ0v) is 11.6. The van der Waals surface area contributed by atoms with E-state index in [1.54, 1.807) is 7.05 Å². The van der Waals surface area contributed by atoms with Gasteiger partial charge < -0.3 is 15.7 Å². The molecular formula is C14H21FN2O2. The summed E-state index contributed by atoms with van der Waals surface area (Å²) in [5.41, 5.74) is 6.02. The number of nitrogens with two attached hydrogens (primary N) is 1. The highest BCUT2D eigenvalue weighted by Crippen LogP contribution is 2.19. The zero-order valence-electron chi connectivity index (χ0n) is 11.6. The third kappa shape index (κ3) is 4.21. The Morgan fingerprint density at radius 1 is 1.47 bits per heavy atom. The van der Waals surface area contributed by atoms with Gasteiger partial charge in [0, 0.05) is 25.7 Å². The largest absolute Gasteiger partial charge is 0.507 e. The number of nitrogens with zero attached hydrogens (tertiary/aromatic N) is 1. The smallest absolute Gasteiger partial charge is 0.257 e. The summed E-state index contributed by atoms with van der Waals surface area (Å²) in [7, 11) is 1.64. The summed E-state index contributed by atoms with van der Waals surface area (Å²) in [5.74, 6) is -0.903. The third-order valence-corrected chi connectivity index (χ3v) is 3.19. The zero-order chi connectivity index (χ0) is 14.6. The normalized spacial score (nSPS) is 12.5. The van der Waals surface area contributed by atoms with Crippen molar-refractivity contribution in [2.45, 2.75) is 26.3 Å². The second-order valence-corrected chi connectivity index (χ2v) is 5.08. The lowest BCUT2D eigenvalue weighted by atomic mass is 10.0. The molecular weight excluding hydrogens is 247 g/mol. The molecule has 0 radical (unpaired) electrons. The van der Waals surface area contributed by atoms with Gasteiger partial charge in [0.2, 0.25) is 0 Å². The average Bonchev–Trinajstić information content (AvgIpc) is 2.34. The van der Waals surface area contributed by atoms with Gasteiger partial charge in [-0.1, -0.05) is 13.8 Å². The van der Waals surface area contributed by atoms with Gasteiger partial charge in [0.25, 0.3) is 5.91 Å². The van der Waals surface area contributed by atoms with Crippen molar-refractivity contribution in [1.82, 2.24) is 4.90 Å². The number of hydrogen-bond acceptors (Lipinski definition) is 3. The predicted octanol–water partition coefficient (Wildman–Crippen LogP) is 1.98. The molecule has 1 atom stereocenters. The molecule has 0 aliphatic carbocycles. The highest BCUT2D eigenvalue weighted by molar-refractivity contribution is 5.96. The topological polar surface area (TPSA) is 66.6 Å². The molecule has 1 aromatic carbocycles. The number of hydrogen-bond donors (Lipinski definition) is 2. The van der Waals surface area contributed by atoms with Crippen LogP contribution in [-0.2, 0) is 0 Å². The molecule has 0 saturated carbocycles. The predicted molar refractivity (Wildman–Crippen MR) is 72.5 cm³/mol. The van der Waals surface area contributed by atoms with Gasteiger partial charge in [-0.15, -0.1) is 0 Å². The van der Waals surface area contributed by atoms with E-state index < -0.39 is 5.82 Å². The van der Waals surface area contributed by atoms with Gasteiger partial charge in [0.15, 0.2) is 0 Å². The van der Waals surface area contributed by atoms with Crippen molar-refractivity contribution in [1.29, 1.82) is 0 Å². The SMILES string of the molecule is CC(C)C(N)CCN(C)C(=O)c1ccc(F)cc1O. The number of carbonyl (C=O) groups excluding carboxylic acids is 1. The maximum atomic E-state index is 12.9. The summed E-state index contributed by atoms with van der Waals surface area (Å²) in [5, 5.41) is 9.56. The van der Waals surface area contributed by atoms with Crippen LogP contribution in [0.5, 0.6) is 5.75 Å². The first-order valence-corrected chi connectivity index (χ1v) is 6.32. The minimum atomic E-state index is -0.571. The lowest BCUT2D eigenvalue weighted by Crippen LogP contribution is -2.34. The molecule has 0 fully saturated rings. The van der Waals surface area contributed by atoms with Gasteiger partial charge in [0.05, 0.1) is 5.56 Å². The molecule has 0 heterocycles. The van der Waals surface area contributed by atoms with Crippen molar-refractivity contribution in [2.75, 3.05) is 13.6 Å². The summed E-state index contributed by atoms with van der Waals surface area (Å²) >= 11 is 0. The van der Waals surface area contributed by atoms with Gasteiger partial charge in [-0.05, 0) is 24.5 Å². The lowest BCUT2D eigenvalue weighted by Gasteiger charge is -2.21. The summed E-state index contributed by atoms with van der Waals surface area (Å²) in [6.07, 6.45) is 0.682. The third-order valence-electron chi connectivity index (χ3n) is 3.19. The molecule has 0 bridgehead atoms. The Morgan fingerprint density at radius 2 is 2.11 bits per heavy atom. The Morgan fingerprint density at radius 3 is 2.63 bits per heavy atom. The van der Waals surface area contributed by atoms with E-state index in [1.807, 2.05) is 13.8 Å². The lowest BCUT2D eigenvalue weighted by molar-refractivity contribution is 0.0786. The average molecular weight is 268 g/mol. The molecule has 1 aromatic rings. The van der Waals surface area contributed by atoms with E-state index in [0.29, 0.717) is 18.9 Å². The number of amides is 1. The van der Waals surface area contributed by atoms with Crippen LogP contribution in [-0.4, -0.2) is 35.5 Å². The molecule has 1 rings (SSSR count). The number of aromatic hydroxyl groups is 1. The van der Waals surface area contributed by atoms with E-state index in [9.17, 15) is 14.3 Å². The van der Waals surface area contributed by atoms with Crippen LogP contribution >= 0.6 is 0 Å². The first kappa shape index (κ1) is 15.4. The quantitative estimate of drug-likeness (QED) is 0.858. The van der Waals surface area contributed by atoms with Crippen molar-refractivity contribution in [3.05, 3.63) is 29.6 Å². The summed E-state index contributed by atoms with van der Waals surface area (Å²) in [4.78, 5) is 13.5. The van der Waals surface area contributed by atoms with Crippen molar-refractivity contribution < 1.29 is 14.3 Å². The molecule has 1 amide bonds. The van der Waals surface area contributed by atoms with Gasteiger partial charge in [-0.25, -0.2) is 4.39 Å². The fraction of sp³-hybridized carbons (Fsp3) is 0.500. The Kier molecular flexibility index (Phi) is 5.30. The highest BCUT2D eigenvalue weighted by Gasteiger charge is 2.17. The van der Waals surface area contributed by atoms with Crippen molar-refractivity contribution in [2.24, 2.45) is 11.7 Å². The van der Waals surface area contributed by atoms with Crippen LogP contribution in [0.3, 0.4) is 0 Å². The molecule has 0 saturated heterocycles. The molecule has 19 heavy (non-hydrogen) atoms. The van der Waals surface area contributed by atoms with E-state index in [0.717, 1.165) is 12.1 Å². The molecule has 1 unspecified atom stereocenters. The van der Waals surface area contributed by atoms with Gasteiger partial charge in [-0.2, -0.15) is 0 Å². The second kappa shape index (κ2) is 6.52.